The summed E-state index contributed by atoms with van der Waals surface area (Å²) >= 11 is 0. The van der Waals surface area contributed by atoms with Gasteiger partial charge in [0, 0.05) is 29.2 Å². The molecule has 0 aliphatic rings. The zero-order chi connectivity index (χ0) is 23.3. The Kier molecular flexibility index (Phi) is 5.82. The largest absolute Gasteiger partial charge is 0.340 e. The standard InChI is InChI=1S/C27H22N6O/c1-18-12-13-28-24(14-18)33-26-16-25(29-17-30-26)31-22-8-10-23(11-9-22)32-27(34)21-7-6-19-4-2-3-5-20(19)15-21/h2-17H,1H3,(H,32,34)(H2,28,29,30,31,33). The minimum absolute atomic E-state index is 0.150. The van der Waals surface area contributed by atoms with E-state index in [2.05, 4.69) is 30.9 Å². The summed E-state index contributed by atoms with van der Waals surface area (Å²) in [5, 5.41) is 11.5. The lowest BCUT2D eigenvalue weighted by Gasteiger charge is -2.10. The zero-order valence-corrected chi connectivity index (χ0v) is 18.5. The summed E-state index contributed by atoms with van der Waals surface area (Å²) in [5.41, 5.74) is 3.27. The average Bonchev–Trinajstić information content (AvgIpc) is 2.85. The third-order valence-electron chi connectivity index (χ3n) is 5.27. The van der Waals surface area contributed by atoms with E-state index in [9.17, 15) is 4.79 Å². The van der Waals surface area contributed by atoms with E-state index < -0.39 is 0 Å². The highest BCUT2D eigenvalue weighted by molar-refractivity contribution is 6.06. The Hall–Kier alpha value is -4.78. The molecule has 166 valence electrons. The van der Waals surface area contributed by atoms with Crippen molar-refractivity contribution in [2.24, 2.45) is 0 Å². The highest BCUT2D eigenvalue weighted by Crippen LogP contribution is 2.21. The normalized spacial score (nSPS) is 10.6. The first-order valence-electron chi connectivity index (χ1n) is 10.8. The molecule has 7 heteroatoms. The number of aryl methyl sites for hydroxylation is 1. The number of carbonyl (C=O) groups is 1. The fourth-order valence-electron chi connectivity index (χ4n) is 3.55. The number of hydrogen-bond donors (Lipinski definition) is 3. The number of aromatic nitrogens is 3. The van der Waals surface area contributed by atoms with Crippen LogP contribution in [0.5, 0.6) is 0 Å². The summed E-state index contributed by atoms with van der Waals surface area (Å²) in [6.07, 6.45) is 3.23. The number of amides is 1. The molecule has 34 heavy (non-hydrogen) atoms. The molecule has 2 aromatic heterocycles. The lowest BCUT2D eigenvalue weighted by atomic mass is 10.1. The maximum atomic E-state index is 12.7. The molecular weight excluding hydrogens is 424 g/mol. The Morgan fingerprint density at radius 2 is 1.38 bits per heavy atom. The Morgan fingerprint density at radius 1 is 0.676 bits per heavy atom. The van der Waals surface area contributed by atoms with Gasteiger partial charge in [0.05, 0.1) is 0 Å². The van der Waals surface area contributed by atoms with E-state index in [1.54, 1.807) is 12.3 Å². The predicted octanol–water partition coefficient (Wildman–Crippen LogP) is 6.07. The molecule has 3 N–H and O–H groups in total. The summed E-state index contributed by atoms with van der Waals surface area (Å²) in [7, 11) is 0. The van der Waals surface area contributed by atoms with Gasteiger partial charge in [-0.3, -0.25) is 4.79 Å². The topological polar surface area (TPSA) is 91.8 Å². The maximum Gasteiger partial charge on any atom is 0.255 e. The molecule has 5 rings (SSSR count). The van der Waals surface area contributed by atoms with Crippen LogP contribution in [0.25, 0.3) is 10.8 Å². The SMILES string of the molecule is Cc1ccnc(Nc2cc(Nc3ccc(NC(=O)c4ccc5ccccc5c4)cc3)ncn2)c1. The molecule has 0 unspecified atom stereocenters. The molecule has 0 spiro atoms. The predicted molar refractivity (Wildman–Crippen MR) is 136 cm³/mol. The molecule has 3 aromatic carbocycles. The number of anilines is 5. The lowest BCUT2D eigenvalue weighted by molar-refractivity contribution is 0.102. The molecule has 0 bridgehead atoms. The van der Waals surface area contributed by atoms with Crippen molar-refractivity contribution in [3.05, 3.63) is 109 Å². The van der Waals surface area contributed by atoms with Gasteiger partial charge in [-0.1, -0.05) is 30.3 Å². The van der Waals surface area contributed by atoms with E-state index >= 15 is 0 Å². The molecule has 0 aliphatic heterocycles. The second-order valence-corrected chi connectivity index (χ2v) is 7.85. The van der Waals surface area contributed by atoms with Gasteiger partial charge >= 0.3 is 0 Å². The van der Waals surface area contributed by atoms with Crippen molar-refractivity contribution in [2.75, 3.05) is 16.0 Å². The molecule has 1 amide bonds. The number of benzene rings is 3. The van der Waals surface area contributed by atoms with Crippen molar-refractivity contribution >= 4 is 45.5 Å². The first kappa shape index (κ1) is 21.1. The molecular formula is C27H22N6O. The van der Waals surface area contributed by atoms with Crippen molar-refractivity contribution in [3.8, 4) is 0 Å². The van der Waals surface area contributed by atoms with Crippen molar-refractivity contribution in [3.63, 3.8) is 0 Å². The van der Waals surface area contributed by atoms with Crippen LogP contribution in [0.1, 0.15) is 15.9 Å². The first-order chi connectivity index (χ1) is 16.6. The molecule has 5 aromatic rings. The molecule has 2 heterocycles. The summed E-state index contributed by atoms with van der Waals surface area (Å²) in [6.45, 7) is 2.01. The monoisotopic (exact) mass is 446 g/mol. The van der Waals surface area contributed by atoms with Gasteiger partial charge in [-0.15, -0.1) is 0 Å². The summed E-state index contributed by atoms with van der Waals surface area (Å²) in [5.74, 6) is 1.84. The Bertz CT molecular complexity index is 1470. The van der Waals surface area contributed by atoms with Gasteiger partial charge in [0.2, 0.25) is 0 Å². The number of carbonyl (C=O) groups excluding carboxylic acids is 1. The number of nitrogens with one attached hydrogen (secondary N) is 3. The Labute approximate surface area is 196 Å². The molecule has 0 fully saturated rings. The third kappa shape index (κ3) is 4.99. The van der Waals surface area contributed by atoms with Gasteiger partial charge in [0.25, 0.3) is 5.91 Å². The molecule has 0 saturated carbocycles. The van der Waals surface area contributed by atoms with Crippen LogP contribution >= 0.6 is 0 Å². The Morgan fingerprint density at radius 3 is 2.18 bits per heavy atom. The van der Waals surface area contributed by atoms with Crippen LogP contribution in [0.4, 0.5) is 28.8 Å². The van der Waals surface area contributed by atoms with Crippen LogP contribution in [-0.2, 0) is 0 Å². The van der Waals surface area contributed by atoms with Crippen LogP contribution < -0.4 is 16.0 Å². The minimum Gasteiger partial charge on any atom is -0.340 e. The quantitative estimate of drug-likeness (QED) is 0.293. The van der Waals surface area contributed by atoms with Gasteiger partial charge < -0.3 is 16.0 Å². The van der Waals surface area contributed by atoms with Gasteiger partial charge in [0.15, 0.2) is 0 Å². The second kappa shape index (κ2) is 9.38. The van der Waals surface area contributed by atoms with E-state index in [4.69, 9.17) is 0 Å². The fraction of sp³-hybridized carbons (Fsp3) is 0.0370. The zero-order valence-electron chi connectivity index (χ0n) is 18.5. The third-order valence-corrected chi connectivity index (χ3v) is 5.27. The average molecular weight is 447 g/mol. The van der Waals surface area contributed by atoms with Crippen LogP contribution in [0.15, 0.2) is 97.5 Å². The molecule has 0 aliphatic carbocycles. The van der Waals surface area contributed by atoms with E-state index in [0.717, 1.165) is 27.8 Å². The second-order valence-electron chi connectivity index (χ2n) is 7.85. The first-order valence-corrected chi connectivity index (χ1v) is 10.8. The van der Waals surface area contributed by atoms with Crippen molar-refractivity contribution in [1.82, 2.24) is 15.0 Å². The van der Waals surface area contributed by atoms with E-state index in [1.165, 1.54) is 6.33 Å². The van der Waals surface area contributed by atoms with Crippen molar-refractivity contribution < 1.29 is 4.79 Å². The van der Waals surface area contributed by atoms with Crippen LogP contribution in [0.3, 0.4) is 0 Å². The number of hydrogen-bond acceptors (Lipinski definition) is 6. The number of rotatable bonds is 6. The van der Waals surface area contributed by atoms with E-state index in [0.29, 0.717) is 22.9 Å². The number of fused-ring (bicyclic) bond motifs is 1. The molecule has 0 saturated heterocycles. The summed E-state index contributed by atoms with van der Waals surface area (Å²) < 4.78 is 0. The lowest BCUT2D eigenvalue weighted by Crippen LogP contribution is -2.11. The number of pyridine rings is 1. The smallest absolute Gasteiger partial charge is 0.255 e. The summed E-state index contributed by atoms with van der Waals surface area (Å²) in [4.78, 5) is 25.5. The van der Waals surface area contributed by atoms with Gasteiger partial charge in [0.1, 0.15) is 23.8 Å². The molecule has 0 radical (unpaired) electrons. The van der Waals surface area contributed by atoms with Gasteiger partial charge in [-0.25, -0.2) is 15.0 Å². The highest BCUT2D eigenvalue weighted by Gasteiger charge is 2.08. The fourth-order valence-corrected chi connectivity index (χ4v) is 3.55. The van der Waals surface area contributed by atoms with Crippen molar-refractivity contribution in [1.29, 1.82) is 0 Å². The van der Waals surface area contributed by atoms with E-state index in [-0.39, 0.29) is 5.91 Å². The minimum atomic E-state index is -0.150. The van der Waals surface area contributed by atoms with Gasteiger partial charge in [-0.2, -0.15) is 0 Å². The van der Waals surface area contributed by atoms with Crippen LogP contribution in [-0.4, -0.2) is 20.9 Å². The van der Waals surface area contributed by atoms with Crippen LogP contribution in [0.2, 0.25) is 0 Å². The number of nitrogens with zero attached hydrogens (tertiary/aromatic N) is 3. The van der Waals surface area contributed by atoms with Crippen molar-refractivity contribution in [2.45, 2.75) is 6.92 Å². The molecule has 0 atom stereocenters. The Balaban J connectivity index is 1.24. The van der Waals surface area contributed by atoms with Crippen LogP contribution in [0, 0.1) is 6.92 Å². The summed E-state index contributed by atoms with van der Waals surface area (Å²) in [6, 6.07) is 26.8. The maximum absolute atomic E-state index is 12.7. The van der Waals surface area contributed by atoms with Gasteiger partial charge in [-0.05, 0) is 71.8 Å². The van der Waals surface area contributed by atoms with E-state index in [1.807, 2.05) is 85.8 Å². The highest BCUT2D eigenvalue weighted by atomic mass is 16.1. The molecule has 7 nitrogen and oxygen atoms in total.